The summed E-state index contributed by atoms with van der Waals surface area (Å²) < 4.78 is 5.92. The fourth-order valence-corrected chi connectivity index (χ4v) is 3.35. The smallest absolute Gasteiger partial charge is 0.254 e. The number of amides is 1. The van der Waals surface area contributed by atoms with E-state index in [1.54, 1.807) is 42.7 Å². The maximum Gasteiger partial charge on any atom is 0.254 e. The van der Waals surface area contributed by atoms with Crippen LogP contribution in [-0.4, -0.2) is 41.1 Å². The topological polar surface area (TPSA) is 66.2 Å². The van der Waals surface area contributed by atoms with Gasteiger partial charge in [-0.2, -0.15) is 5.26 Å². The number of likely N-dealkylation sites (tertiary alicyclic amines) is 1. The fourth-order valence-electron chi connectivity index (χ4n) is 3.35. The van der Waals surface area contributed by atoms with E-state index in [1.807, 2.05) is 17.0 Å². The SMILES string of the molecule is C=CCO[C@@H]1CCN(C(=O)c2cccc(C#N)c2)[C@@H]1Cc1ccncc1. The Morgan fingerprint density at radius 1 is 1.38 bits per heavy atom. The molecule has 3 rings (SSSR count). The standard InChI is InChI=1S/C21H21N3O2/c1-2-12-26-20-8-11-24(19(20)14-16-6-9-23-10-7-16)21(25)18-5-3-4-17(13-18)15-22/h2-7,9-10,13,19-20H,1,8,11-12,14H2/t19-,20-/m1/s1. The lowest BCUT2D eigenvalue weighted by molar-refractivity contribution is 0.0380. The third-order valence-corrected chi connectivity index (χ3v) is 4.61. The van der Waals surface area contributed by atoms with Crippen LogP contribution in [0.25, 0.3) is 0 Å². The Kier molecular flexibility index (Phi) is 5.77. The molecule has 26 heavy (non-hydrogen) atoms. The van der Waals surface area contributed by atoms with Crippen LogP contribution in [0, 0.1) is 11.3 Å². The zero-order valence-corrected chi connectivity index (χ0v) is 14.5. The maximum absolute atomic E-state index is 13.1. The zero-order chi connectivity index (χ0) is 18.4. The lowest BCUT2D eigenvalue weighted by Gasteiger charge is -2.28. The van der Waals surface area contributed by atoms with E-state index in [-0.39, 0.29) is 18.1 Å². The van der Waals surface area contributed by atoms with Gasteiger partial charge in [0.05, 0.1) is 30.4 Å². The van der Waals surface area contributed by atoms with Crippen LogP contribution in [0.5, 0.6) is 0 Å². The highest BCUT2D eigenvalue weighted by Crippen LogP contribution is 2.26. The summed E-state index contributed by atoms with van der Waals surface area (Å²) >= 11 is 0. The van der Waals surface area contributed by atoms with E-state index in [0.717, 1.165) is 12.0 Å². The number of nitriles is 1. The molecular weight excluding hydrogens is 326 g/mol. The average molecular weight is 347 g/mol. The number of pyridine rings is 1. The molecule has 2 aromatic rings. The molecule has 0 radical (unpaired) electrons. The Bertz CT molecular complexity index is 814. The Balaban J connectivity index is 1.84. The minimum Gasteiger partial charge on any atom is -0.372 e. The molecule has 5 nitrogen and oxygen atoms in total. The number of ether oxygens (including phenoxy) is 1. The molecule has 0 spiro atoms. The molecule has 0 aliphatic carbocycles. The average Bonchev–Trinajstić information content (AvgIpc) is 3.09. The minimum atomic E-state index is -0.0640. The van der Waals surface area contributed by atoms with Crippen molar-refractivity contribution in [3.8, 4) is 6.07 Å². The normalized spacial score (nSPS) is 19.1. The fraction of sp³-hybridized carbons (Fsp3) is 0.286. The predicted octanol–water partition coefficient (Wildman–Crippen LogP) is 2.98. The van der Waals surface area contributed by atoms with E-state index < -0.39 is 0 Å². The van der Waals surface area contributed by atoms with Gasteiger partial charge < -0.3 is 9.64 Å². The first kappa shape index (κ1) is 17.8. The number of hydrogen-bond acceptors (Lipinski definition) is 4. The van der Waals surface area contributed by atoms with Gasteiger partial charge >= 0.3 is 0 Å². The Morgan fingerprint density at radius 3 is 2.92 bits per heavy atom. The second-order valence-electron chi connectivity index (χ2n) is 6.27. The van der Waals surface area contributed by atoms with Crippen molar-refractivity contribution >= 4 is 5.91 Å². The lowest BCUT2D eigenvalue weighted by atomic mass is 10.0. The van der Waals surface area contributed by atoms with Gasteiger partial charge in [0.1, 0.15) is 0 Å². The van der Waals surface area contributed by atoms with Crippen molar-refractivity contribution in [1.82, 2.24) is 9.88 Å². The quantitative estimate of drug-likeness (QED) is 0.754. The minimum absolute atomic E-state index is 0.0377. The summed E-state index contributed by atoms with van der Waals surface area (Å²) in [6.07, 6.45) is 6.69. The number of hydrogen-bond donors (Lipinski definition) is 0. The third-order valence-electron chi connectivity index (χ3n) is 4.61. The molecule has 0 N–H and O–H groups in total. The number of carbonyl (C=O) groups excluding carboxylic acids is 1. The van der Waals surface area contributed by atoms with Crippen molar-refractivity contribution in [2.24, 2.45) is 0 Å². The van der Waals surface area contributed by atoms with Gasteiger partial charge in [0, 0.05) is 24.5 Å². The van der Waals surface area contributed by atoms with Gasteiger partial charge in [-0.05, 0) is 48.7 Å². The first-order valence-electron chi connectivity index (χ1n) is 8.65. The Morgan fingerprint density at radius 2 is 2.19 bits per heavy atom. The third kappa shape index (κ3) is 3.98. The molecule has 0 unspecified atom stereocenters. The van der Waals surface area contributed by atoms with Gasteiger partial charge in [-0.15, -0.1) is 6.58 Å². The van der Waals surface area contributed by atoms with Crippen molar-refractivity contribution in [1.29, 1.82) is 5.26 Å². The highest BCUT2D eigenvalue weighted by molar-refractivity contribution is 5.95. The molecule has 1 fully saturated rings. The molecule has 2 atom stereocenters. The molecule has 2 heterocycles. The highest BCUT2D eigenvalue weighted by atomic mass is 16.5. The predicted molar refractivity (Wildman–Crippen MR) is 98.5 cm³/mol. The molecule has 1 saturated heterocycles. The maximum atomic E-state index is 13.1. The van der Waals surface area contributed by atoms with Crippen molar-refractivity contribution in [3.63, 3.8) is 0 Å². The van der Waals surface area contributed by atoms with Gasteiger partial charge in [0.25, 0.3) is 5.91 Å². The van der Waals surface area contributed by atoms with Crippen molar-refractivity contribution < 1.29 is 9.53 Å². The van der Waals surface area contributed by atoms with E-state index in [0.29, 0.717) is 30.7 Å². The molecule has 1 aromatic carbocycles. The molecule has 0 saturated carbocycles. The van der Waals surface area contributed by atoms with Crippen molar-refractivity contribution in [3.05, 3.63) is 78.1 Å². The van der Waals surface area contributed by atoms with Crippen LogP contribution in [-0.2, 0) is 11.2 Å². The zero-order valence-electron chi connectivity index (χ0n) is 14.5. The van der Waals surface area contributed by atoms with Crippen LogP contribution in [0.1, 0.15) is 27.9 Å². The molecule has 1 aromatic heterocycles. The van der Waals surface area contributed by atoms with Gasteiger partial charge in [-0.1, -0.05) is 12.1 Å². The number of rotatable bonds is 6. The van der Waals surface area contributed by atoms with Crippen LogP contribution >= 0.6 is 0 Å². The van der Waals surface area contributed by atoms with E-state index in [2.05, 4.69) is 17.6 Å². The first-order valence-corrected chi connectivity index (χ1v) is 8.65. The van der Waals surface area contributed by atoms with Gasteiger partial charge in [0.15, 0.2) is 0 Å². The molecule has 1 amide bonds. The van der Waals surface area contributed by atoms with Crippen molar-refractivity contribution in [2.75, 3.05) is 13.2 Å². The molecule has 1 aliphatic heterocycles. The van der Waals surface area contributed by atoms with Gasteiger partial charge in [0.2, 0.25) is 0 Å². The lowest BCUT2D eigenvalue weighted by Crippen LogP contribution is -2.42. The van der Waals surface area contributed by atoms with E-state index >= 15 is 0 Å². The van der Waals surface area contributed by atoms with Crippen LogP contribution in [0.15, 0.2) is 61.4 Å². The molecular formula is C21H21N3O2. The monoisotopic (exact) mass is 347 g/mol. The summed E-state index contributed by atoms with van der Waals surface area (Å²) in [5.41, 5.74) is 2.14. The second-order valence-corrected chi connectivity index (χ2v) is 6.27. The van der Waals surface area contributed by atoms with Gasteiger partial charge in [-0.3, -0.25) is 9.78 Å². The first-order chi connectivity index (χ1) is 12.7. The summed E-state index contributed by atoms with van der Waals surface area (Å²) in [5.74, 6) is -0.0640. The highest BCUT2D eigenvalue weighted by Gasteiger charge is 2.38. The van der Waals surface area contributed by atoms with Crippen LogP contribution in [0.2, 0.25) is 0 Å². The molecule has 0 bridgehead atoms. The Labute approximate surface area is 153 Å². The Hall–Kier alpha value is -2.97. The number of benzene rings is 1. The van der Waals surface area contributed by atoms with E-state index in [9.17, 15) is 4.79 Å². The largest absolute Gasteiger partial charge is 0.372 e. The number of carbonyl (C=O) groups is 1. The van der Waals surface area contributed by atoms with E-state index in [1.165, 1.54) is 0 Å². The molecule has 1 aliphatic rings. The summed E-state index contributed by atoms with van der Waals surface area (Å²) in [5, 5.41) is 9.08. The van der Waals surface area contributed by atoms with E-state index in [4.69, 9.17) is 10.00 Å². The number of nitrogens with zero attached hydrogens (tertiary/aromatic N) is 3. The van der Waals surface area contributed by atoms with Gasteiger partial charge in [-0.25, -0.2) is 0 Å². The molecule has 132 valence electrons. The summed E-state index contributed by atoms with van der Waals surface area (Å²) in [6, 6.07) is 12.8. The number of aromatic nitrogens is 1. The second kappa shape index (κ2) is 8.41. The summed E-state index contributed by atoms with van der Waals surface area (Å²) in [7, 11) is 0. The van der Waals surface area contributed by atoms with Crippen molar-refractivity contribution in [2.45, 2.75) is 25.0 Å². The van der Waals surface area contributed by atoms with Crippen LogP contribution in [0.4, 0.5) is 0 Å². The van der Waals surface area contributed by atoms with Crippen LogP contribution in [0.3, 0.4) is 0 Å². The molecule has 5 heteroatoms. The van der Waals surface area contributed by atoms with Crippen LogP contribution < -0.4 is 0 Å². The summed E-state index contributed by atoms with van der Waals surface area (Å²) in [6.45, 7) is 4.80. The summed E-state index contributed by atoms with van der Waals surface area (Å²) in [4.78, 5) is 19.0.